The Labute approximate surface area is 141 Å². The highest BCUT2D eigenvalue weighted by atomic mass is 16.5. The Kier molecular flexibility index (Phi) is 3.62. The van der Waals surface area contributed by atoms with Crippen LogP contribution in [0.15, 0.2) is 24.4 Å². The van der Waals surface area contributed by atoms with Gasteiger partial charge in [0, 0.05) is 25.1 Å². The maximum atomic E-state index is 11.0. The molecule has 2 aliphatic rings. The first-order valence-electron chi connectivity index (χ1n) is 8.56. The number of H-pyrrole nitrogens is 1. The normalized spacial score (nSPS) is 26.1. The number of hydrogen-bond acceptors (Lipinski definition) is 5. The highest BCUT2D eigenvalue weighted by molar-refractivity contribution is 5.45. The topological polar surface area (TPSA) is 74.3 Å². The summed E-state index contributed by atoms with van der Waals surface area (Å²) in [6.07, 6.45) is 4.21. The molecule has 0 bridgehead atoms. The summed E-state index contributed by atoms with van der Waals surface area (Å²) in [5.41, 5.74) is 2.04. The molecule has 1 aromatic heterocycles. The second kappa shape index (κ2) is 5.57. The van der Waals surface area contributed by atoms with Crippen molar-refractivity contribution in [3.05, 3.63) is 41.2 Å². The van der Waals surface area contributed by atoms with Gasteiger partial charge in [-0.2, -0.15) is 15.4 Å². The molecule has 1 atom stereocenters. The Balaban J connectivity index is 1.54. The van der Waals surface area contributed by atoms with Crippen LogP contribution < -0.4 is 4.74 Å². The molecule has 24 heavy (non-hydrogen) atoms. The van der Waals surface area contributed by atoms with E-state index in [1.54, 1.807) is 6.20 Å². The molecule has 6 heteroatoms. The second-order valence-electron chi connectivity index (χ2n) is 7.64. The van der Waals surface area contributed by atoms with Crippen LogP contribution in [0.25, 0.3) is 0 Å². The van der Waals surface area contributed by atoms with Gasteiger partial charge in [-0.1, -0.05) is 18.2 Å². The first kappa shape index (κ1) is 15.6. The van der Waals surface area contributed by atoms with E-state index >= 15 is 0 Å². The van der Waals surface area contributed by atoms with Crippen LogP contribution in [0.2, 0.25) is 0 Å². The highest BCUT2D eigenvalue weighted by Crippen LogP contribution is 2.39. The number of nitrogens with one attached hydrogen (secondary N) is 1. The molecule has 6 nitrogen and oxygen atoms in total. The van der Waals surface area contributed by atoms with Crippen molar-refractivity contribution in [2.24, 2.45) is 0 Å². The maximum absolute atomic E-state index is 11.0. The molecule has 2 aromatic rings. The van der Waals surface area contributed by atoms with E-state index in [0.29, 0.717) is 18.7 Å². The predicted molar refractivity (Wildman–Crippen MR) is 89.6 cm³/mol. The van der Waals surface area contributed by atoms with Crippen LogP contribution in [-0.4, -0.2) is 44.1 Å². The minimum atomic E-state index is -0.927. The quantitative estimate of drug-likeness (QED) is 0.901. The van der Waals surface area contributed by atoms with Crippen molar-refractivity contribution in [3.8, 4) is 5.75 Å². The van der Waals surface area contributed by atoms with Crippen LogP contribution >= 0.6 is 0 Å². The monoisotopic (exact) mass is 328 g/mol. The van der Waals surface area contributed by atoms with Crippen LogP contribution in [0.1, 0.15) is 43.5 Å². The summed E-state index contributed by atoms with van der Waals surface area (Å²) in [6.45, 7) is 6.56. The van der Waals surface area contributed by atoms with Gasteiger partial charge in [0.15, 0.2) is 0 Å². The summed E-state index contributed by atoms with van der Waals surface area (Å²) in [5.74, 6) is 1.03. The molecule has 2 aliphatic heterocycles. The molecule has 0 aliphatic carbocycles. The largest absolute Gasteiger partial charge is 0.487 e. The van der Waals surface area contributed by atoms with E-state index in [1.165, 1.54) is 11.1 Å². The lowest BCUT2D eigenvalue weighted by molar-refractivity contribution is -0.0416. The lowest BCUT2D eigenvalue weighted by Gasteiger charge is -2.38. The zero-order valence-corrected chi connectivity index (χ0v) is 14.2. The first-order chi connectivity index (χ1) is 11.5. The zero-order chi connectivity index (χ0) is 16.8. The number of β-amino-alcohol motifs (C(OH)–C–C–N with tert-alkyl or cyclic N) is 1. The van der Waals surface area contributed by atoms with Gasteiger partial charge in [-0.15, -0.1) is 0 Å². The SMILES string of the molecule is CC1(C)Cc2cccc(CN3CCCC(O)(c4cn[nH]n4)C3)c2O1. The van der Waals surface area contributed by atoms with Gasteiger partial charge in [0.1, 0.15) is 22.6 Å². The van der Waals surface area contributed by atoms with Crippen LogP contribution in [0, 0.1) is 0 Å². The van der Waals surface area contributed by atoms with Crippen molar-refractivity contribution in [2.75, 3.05) is 13.1 Å². The molecule has 0 amide bonds. The van der Waals surface area contributed by atoms with Crippen LogP contribution in [-0.2, 0) is 18.6 Å². The molecule has 0 saturated carbocycles. The molecule has 0 radical (unpaired) electrons. The molecule has 4 rings (SSSR count). The molecule has 1 saturated heterocycles. The number of aliphatic hydroxyl groups is 1. The minimum absolute atomic E-state index is 0.137. The molecule has 2 N–H and O–H groups in total. The number of benzene rings is 1. The number of hydrogen-bond donors (Lipinski definition) is 2. The second-order valence-corrected chi connectivity index (χ2v) is 7.64. The van der Waals surface area contributed by atoms with Gasteiger partial charge in [-0.25, -0.2) is 0 Å². The van der Waals surface area contributed by atoms with E-state index in [0.717, 1.165) is 31.7 Å². The smallest absolute Gasteiger partial charge is 0.127 e. The van der Waals surface area contributed by atoms with Crippen LogP contribution in [0.3, 0.4) is 0 Å². The fraction of sp³-hybridized carbons (Fsp3) is 0.556. The lowest BCUT2D eigenvalue weighted by Crippen LogP contribution is -2.46. The number of nitrogens with zero attached hydrogens (tertiary/aromatic N) is 3. The van der Waals surface area contributed by atoms with E-state index < -0.39 is 5.60 Å². The van der Waals surface area contributed by atoms with Crippen molar-refractivity contribution in [2.45, 2.75) is 50.9 Å². The number of para-hydroxylation sites is 1. The number of fused-ring (bicyclic) bond motifs is 1. The number of aromatic amines is 1. The van der Waals surface area contributed by atoms with E-state index in [9.17, 15) is 5.11 Å². The van der Waals surface area contributed by atoms with Gasteiger partial charge >= 0.3 is 0 Å². The molecule has 1 unspecified atom stereocenters. The summed E-state index contributed by atoms with van der Waals surface area (Å²) in [5, 5.41) is 21.5. The van der Waals surface area contributed by atoms with Crippen LogP contribution in [0.4, 0.5) is 0 Å². The number of ether oxygens (including phenoxy) is 1. The van der Waals surface area contributed by atoms with Crippen molar-refractivity contribution in [3.63, 3.8) is 0 Å². The Morgan fingerprint density at radius 3 is 3.04 bits per heavy atom. The molecular weight excluding hydrogens is 304 g/mol. The average Bonchev–Trinajstić information content (AvgIpc) is 3.14. The Bertz CT molecular complexity index is 729. The van der Waals surface area contributed by atoms with Crippen molar-refractivity contribution in [1.82, 2.24) is 20.3 Å². The standard InChI is InChI=1S/C18H24N4O2/c1-17(2)9-13-5-3-6-14(16(13)24-17)11-22-8-4-7-18(23,12-22)15-10-19-21-20-15/h3,5-6,10,23H,4,7-9,11-12H2,1-2H3,(H,19,20,21). The van der Waals surface area contributed by atoms with E-state index in [2.05, 4.69) is 52.4 Å². The molecule has 1 fully saturated rings. The number of likely N-dealkylation sites (tertiary alicyclic amines) is 1. The van der Waals surface area contributed by atoms with Crippen LogP contribution in [0.5, 0.6) is 5.75 Å². The van der Waals surface area contributed by atoms with E-state index in [1.807, 2.05) is 0 Å². The number of piperidine rings is 1. The van der Waals surface area contributed by atoms with Gasteiger partial charge in [0.25, 0.3) is 0 Å². The fourth-order valence-electron chi connectivity index (χ4n) is 3.94. The third kappa shape index (κ3) is 2.80. The van der Waals surface area contributed by atoms with Gasteiger partial charge in [-0.3, -0.25) is 4.90 Å². The minimum Gasteiger partial charge on any atom is -0.487 e. The Morgan fingerprint density at radius 2 is 2.25 bits per heavy atom. The van der Waals surface area contributed by atoms with Crippen molar-refractivity contribution < 1.29 is 9.84 Å². The average molecular weight is 328 g/mol. The van der Waals surface area contributed by atoms with E-state index in [-0.39, 0.29) is 5.60 Å². The van der Waals surface area contributed by atoms with Crippen molar-refractivity contribution in [1.29, 1.82) is 0 Å². The lowest BCUT2D eigenvalue weighted by atomic mass is 9.89. The van der Waals surface area contributed by atoms with Crippen molar-refractivity contribution >= 4 is 0 Å². The summed E-state index contributed by atoms with van der Waals surface area (Å²) >= 11 is 0. The molecule has 3 heterocycles. The van der Waals surface area contributed by atoms with Gasteiger partial charge in [0.2, 0.25) is 0 Å². The predicted octanol–water partition coefficient (Wildman–Crippen LogP) is 2.00. The summed E-state index contributed by atoms with van der Waals surface area (Å²) in [6, 6.07) is 6.38. The molecule has 0 spiro atoms. The Hall–Kier alpha value is -1.92. The van der Waals surface area contributed by atoms with Gasteiger partial charge in [-0.05, 0) is 38.8 Å². The molecule has 1 aromatic carbocycles. The summed E-state index contributed by atoms with van der Waals surface area (Å²) in [4.78, 5) is 2.28. The summed E-state index contributed by atoms with van der Waals surface area (Å²) in [7, 11) is 0. The highest BCUT2D eigenvalue weighted by Gasteiger charge is 2.38. The first-order valence-corrected chi connectivity index (χ1v) is 8.56. The zero-order valence-electron chi connectivity index (χ0n) is 14.2. The number of rotatable bonds is 3. The van der Waals surface area contributed by atoms with Gasteiger partial charge < -0.3 is 9.84 Å². The Morgan fingerprint density at radius 1 is 1.38 bits per heavy atom. The fourth-order valence-corrected chi connectivity index (χ4v) is 3.94. The maximum Gasteiger partial charge on any atom is 0.127 e. The third-order valence-electron chi connectivity index (χ3n) is 5.01. The van der Waals surface area contributed by atoms with E-state index in [4.69, 9.17) is 4.74 Å². The summed E-state index contributed by atoms with van der Waals surface area (Å²) < 4.78 is 6.17. The molecule has 128 valence electrons. The van der Waals surface area contributed by atoms with Gasteiger partial charge in [0.05, 0.1) is 6.20 Å². The number of aromatic nitrogens is 3. The molecular formula is C18H24N4O2. The third-order valence-corrected chi connectivity index (χ3v) is 5.01.